The van der Waals surface area contributed by atoms with Crippen LogP contribution in [0, 0.1) is 13.8 Å². The molecule has 0 unspecified atom stereocenters. The van der Waals surface area contributed by atoms with E-state index in [1.165, 1.54) is 55.3 Å². The number of aryl methyl sites for hydroxylation is 2. The molecule has 0 aliphatic heterocycles. The first-order valence-corrected chi connectivity index (χ1v) is 12.2. The van der Waals surface area contributed by atoms with E-state index >= 15 is 0 Å². The highest BCUT2D eigenvalue weighted by atomic mass is 32.1. The first-order chi connectivity index (χ1) is 15.4. The Morgan fingerprint density at radius 3 is 2.59 bits per heavy atom. The second kappa shape index (κ2) is 8.25. The Bertz CT molecular complexity index is 1330. The molecule has 0 bridgehead atoms. The Balaban J connectivity index is 1.75. The van der Waals surface area contributed by atoms with Crippen LogP contribution in [0.5, 0.6) is 5.75 Å². The monoisotopic (exact) mass is 444 g/mol. The van der Waals surface area contributed by atoms with E-state index in [1.54, 1.807) is 6.92 Å². The SMILES string of the molecule is Cc1sc2cc3ccccc3c(-c3ccc(O[C@H](C)C(=O)O)c(C4CCCC4)c3)c2c1C. The van der Waals surface area contributed by atoms with Gasteiger partial charge in [0.25, 0.3) is 0 Å². The van der Waals surface area contributed by atoms with Gasteiger partial charge in [-0.1, -0.05) is 43.2 Å². The molecule has 3 nitrogen and oxygen atoms in total. The number of fused-ring (bicyclic) bond motifs is 2. The fraction of sp³-hybridized carbons (Fsp3) is 0.321. The number of thiophene rings is 1. The summed E-state index contributed by atoms with van der Waals surface area (Å²) in [6.45, 7) is 6.01. The highest BCUT2D eigenvalue weighted by molar-refractivity contribution is 7.19. The zero-order valence-electron chi connectivity index (χ0n) is 18.8. The number of rotatable bonds is 5. The quantitative estimate of drug-likeness (QED) is 0.341. The number of carboxylic acid groups (broad SMARTS) is 1. The Hall–Kier alpha value is -2.85. The number of aliphatic carboxylic acids is 1. The molecule has 0 amide bonds. The van der Waals surface area contributed by atoms with Crippen LogP contribution in [0.1, 0.15) is 54.5 Å². The molecule has 1 fully saturated rings. The topological polar surface area (TPSA) is 46.5 Å². The minimum atomic E-state index is -0.938. The minimum absolute atomic E-state index is 0.418. The third-order valence-corrected chi connectivity index (χ3v) is 8.08. The van der Waals surface area contributed by atoms with Crippen LogP contribution in [0.2, 0.25) is 0 Å². The maximum atomic E-state index is 11.4. The Kier molecular flexibility index (Phi) is 5.42. The Morgan fingerprint density at radius 2 is 1.84 bits per heavy atom. The number of hydrogen-bond donors (Lipinski definition) is 1. The van der Waals surface area contributed by atoms with E-state index in [2.05, 4.69) is 56.3 Å². The Morgan fingerprint density at radius 1 is 1.09 bits per heavy atom. The molecule has 1 atom stereocenters. The average molecular weight is 445 g/mol. The molecule has 1 aromatic heterocycles. The van der Waals surface area contributed by atoms with Gasteiger partial charge in [0.15, 0.2) is 6.10 Å². The lowest BCUT2D eigenvalue weighted by Crippen LogP contribution is -2.23. The van der Waals surface area contributed by atoms with Gasteiger partial charge in [-0.05, 0) is 90.8 Å². The fourth-order valence-corrected chi connectivity index (χ4v) is 6.23. The van der Waals surface area contributed by atoms with Gasteiger partial charge in [0, 0.05) is 15.0 Å². The van der Waals surface area contributed by atoms with Gasteiger partial charge in [-0.25, -0.2) is 4.79 Å². The van der Waals surface area contributed by atoms with E-state index in [9.17, 15) is 9.90 Å². The smallest absolute Gasteiger partial charge is 0.344 e. The molecule has 5 rings (SSSR count). The van der Waals surface area contributed by atoms with Crippen LogP contribution in [-0.4, -0.2) is 17.2 Å². The molecular weight excluding hydrogens is 416 g/mol. The van der Waals surface area contributed by atoms with Gasteiger partial charge < -0.3 is 9.84 Å². The van der Waals surface area contributed by atoms with Crippen molar-refractivity contribution in [1.29, 1.82) is 0 Å². The normalized spacial score (nSPS) is 15.5. The largest absolute Gasteiger partial charge is 0.479 e. The van der Waals surface area contributed by atoms with E-state index in [-0.39, 0.29) is 0 Å². The molecule has 3 aromatic carbocycles. The van der Waals surface area contributed by atoms with E-state index < -0.39 is 12.1 Å². The van der Waals surface area contributed by atoms with Gasteiger partial charge in [0.05, 0.1) is 0 Å². The zero-order valence-corrected chi connectivity index (χ0v) is 19.6. The van der Waals surface area contributed by atoms with Crippen LogP contribution in [0.25, 0.3) is 32.0 Å². The summed E-state index contributed by atoms with van der Waals surface area (Å²) in [4.78, 5) is 12.8. The van der Waals surface area contributed by atoms with E-state index in [1.807, 2.05) is 17.4 Å². The molecule has 164 valence electrons. The van der Waals surface area contributed by atoms with Gasteiger partial charge in [-0.2, -0.15) is 0 Å². The van der Waals surface area contributed by atoms with Crippen molar-refractivity contribution in [3.05, 3.63) is 64.5 Å². The summed E-state index contributed by atoms with van der Waals surface area (Å²) in [5.74, 6) is 0.193. The zero-order chi connectivity index (χ0) is 22.4. The maximum Gasteiger partial charge on any atom is 0.344 e. The summed E-state index contributed by atoms with van der Waals surface area (Å²) in [5, 5.41) is 13.2. The molecule has 0 saturated heterocycles. The van der Waals surface area contributed by atoms with Gasteiger partial charge in [-0.3, -0.25) is 0 Å². The van der Waals surface area contributed by atoms with Gasteiger partial charge in [0.2, 0.25) is 0 Å². The number of benzene rings is 3. The summed E-state index contributed by atoms with van der Waals surface area (Å²) >= 11 is 1.86. The Labute approximate surface area is 192 Å². The molecule has 1 N–H and O–H groups in total. The number of ether oxygens (including phenoxy) is 1. The molecule has 4 heteroatoms. The lowest BCUT2D eigenvalue weighted by molar-refractivity contribution is -0.144. The number of carbonyl (C=O) groups is 1. The van der Waals surface area contributed by atoms with Gasteiger partial charge in [-0.15, -0.1) is 11.3 Å². The molecule has 1 heterocycles. The van der Waals surface area contributed by atoms with Crippen LogP contribution in [0.3, 0.4) is 0 Å². The summed E-state index contributed by atoms with van der Waals surface area (Å²) in [5.41, 5.74) is 4.95. The molecule has 4 aromatic rings. The van der Waals surface area contributed by atoms with E-state index in [0.29, 0.717) is 11.7 Å². The van der Waals surface area contributed by atoms with Crippen LogP contribution < -0.4 is 4.74 Å². The average Bonchev–Trinajstić information content (AvgIpc) is 3.41. The second-order valence-corrected chi connectivity index (χ2v) is 10.2. The van der Waals surface area contributed by atoms with Crippen molar-refractivity contribution in [2.24, 2.45) is 0 Å². The molecule has 1 aliphatic carbocycles. The highest BCUT2D eigenvalue weighted by Crippen LogP contribution is 2.46. The summed E-state index contributed by atoms with van der Waals surface area (Å²) in [6.07, 6.45) is 3.81. The van der Waals surface area contributed by atoms with Crippen molar-refractivity contribution < 1.29 is 14.6 Å². The highest BCUT2D eigenvalue weighted by Gasteiger charge is 2.25. The third-order valence-electron chi connectivity index (χ3n) is 6.92. The maximum absolute atomic E-state index is 11.4. The molecule has 32 heavy (non-hydrogen) atoms. The third kappa shape index (κ3) is 3.57. The van der Waals surface area contributed by atoms with Crippen molar-refractivity contribution in [2.75, 3.05) is 0 Å². The van der Waals surface area contributed by atoms with Crippen molar-refractivity contribution in [3.63, 3.8) is 0 Å². The number of carboxylic acids is 1. The van der Waals surface area contributed by atoms with Gasteiger partial charge >= 0.3 is 5.97 Å². The van der Waals surface area contributed by atoms with Crippen LogP contribution in [-0.2, 0) is 4.79 Å². The summed E-state index contributed by atoms with van der Waals surface area (Å²) in [6, 6.07) is 17.3. The van der Waals surface area contributed by atoms with Crippen molar-refractivity contribution in [3.8, 4) is 16.9 Å². The predicted molar refractivity (Wildman–Crippen MR) is 133 cm³/mol. The summed E-state index contributed by atoms with van der Waals surface area (Å²) < 4.78 is 7.23. The first-order valence-electron chi connectivity index (χ1n) is 11.4. The first kappa shape index (κ1) is 21.0. The molecule has 0 radical (unpaired) electrons. The minimum Gasteiger partial charge on any atom is -0.479 e. The van der Waals surface area contributed by atoms with Crippen LogP contribution in [0.4, 0.5) is 0 Å². The molecule has 0 spiro atoms. The molecule has 1 aliphatic rings. The van der Waals surface area contributed by atoms with E-state index in [4.69, 9.17) is 4.74 Å². The lowest BCUT2D eigenvalue weighted by Gasteiger charge is -2.20. The standard InChI is InChI=1S/C28H28O3S/c1-16-18(3)32-25-15-20-10-6-7-11-22(20)27(26(16)25)21-12-13-24(31-17(2)28(29)30)23(14-21)19-8-4-5-9-19/h6-7,10-15,17,19H,4-5,8-9H2,1-3H3,(H,29,30)/t17-/m1/s1. The van der Waals surface area contributed by atoms with Gasteiger partial charge in [0.1, 0.15) is 5.75 Å². The van der Waals surface area contributed by atoms with Crippen molar-refractivity contribution in [2.45, 2.75) is 58.5 Å². The van der Waals surface area contributed by atoms with Crippen molar-refractivity contribution in [1.82, 2.24) is 0 Å². The molecule has 1 saturated carbocycles. The number of hydrogen-bond acceptors (Lipinski definition) is 3. The van der Waals surface area contributed by atoms with Crippen molar-refractivity contribution >= 4 is 38.2 Å². The lowest BCUT2D eigenvalue weighted by atomic mass is 9.89. The fourth-order valence-electron chi connectivity index (χ4n) is 5.10. The van der Waals surface area contributed by atoms with Crippen LogP contribution in [0.15, 0.2) is 48.5 Å². The predicted octanol–water partition coefficient (Wildman–Crippen LogP) is 7.85. The van der Waals surface area contributed by atoms with Crippen LogP contribution >= 0.6 is 11.3 Å². The van der Waals surface area contributed by atoms with E-state index in [0.717, 1.165) is 18.4 Å². The molecular formula is C28H28O3S. The second-order valence-electron chi connectivity index (χ2n) is 8.96. The summed E-state index contributed by atoms with van der Waals surface area (Å²) in [7, 11) is 0.